The number of aryl methyl sites for hydroxylation is 2. The van der Waals surface area contributed by atoms with Crippen molar-refractivity contribution in [2.45, 2.75) is 32.7 Å². The van der Waals surface area contributed by atoms with Gasteiger partial charge in [-0.25, -0.2) is 4.98 Å². The highest BCUT2D eigenvalue weighted by Gasteiger charge is 2.38. The van der Waals surface area contributed by atoms with Crippen LogP contribution in [0.5, 0.6) is 0 Å². The van der Waals surface area contributed by atoms with E-state index >= 15 is 0 Å². The lowest BCUT2D eigenvalue weighted by molar-refractivity contribution is -0.143. The molecule has 1 amide bonds. The Labute approximate surface area is 297 Å². The zero-order valence-corrected chi connectivity index (χ0v) is 28.6. The van der Waals surface area contributed by atoms with Crippen LogP contribution in [0.15, 0.2) is 91.0 Å². The van der Waals surface area contributed by atoms with Gasteiger partial charge >= 0.3 is 12.4 Å². The number of benzene rings is 4. The molecule has 0 spiro atoms. The first-order valence-electron chi connectivity index (χ1n) is 16.5. The molecule has 0 saturated carbocycles. The summed E-state index contributed by atoms with van der Waals surface area (Å²) < 4.78 is 96.4. The van der Waals surface area contributed by atoms with Crippen LogP contribution >= 0.6 is 0 Å². The largest absolute Gasteiger partial charge is 0.416 e. The minimum absolute atomic E-state index is 0.0109. The summed E-state index contributed by atoms with van der Waals surface area (Å²) in [5, 5.41) is 2.77. The second-order valence-corrected chi connectivity index (χ2v) is 12.2. The van der Waals surface area contributed by atoms with E-state index in [4.69, 9.17) is 20.2 Å². The van der Waals surface area contributed by atoms with Crippen LogP contribution in [0.25, 0.3) is 33.9 Å². The lowest BCUT2D eigenvalue weighted by Crippen LogP contribution is -2.27. The smallest absolute Gasteiger partial charge is 0.378 e. The Kier molecular flexibility index (Phi) is 12.2. The third-order valence-electron chi connectivity index (χ3n) is 8.19. The van der Waals surface area contributed by atoms with Gasteiger partial charge in [0.1, 0.15) is 5.82 Å². The van der Waals surface area contributed by atoms with Gasteiger partial charge in [0.05, 0.1) is 48.9 Å². The lowest BCUT2D eigenvalue weighted by Gasteiger charge is -2.17. The first kappa shape index (κ1) is 38.3. The zero-order valence-electron chi connectivity index (χ0n) is 28.6. The van der Waals surface area contributed by atoms with Crippen LogP contribution in [0, 0.1) is 13.8 Å². The summed E-state index contributed by atoms with van der Waals surface area (Å²) in [5.74, 6) is -0.429. The number of hydrogen-bond acceptors (Lipinski definition) is 5. The minimum atomic E-state index is -5.05. The fourth-order valence-electron chi connectivity index (χ4n) is 5.52. The van der Waals surface area contributed by atoms with E-state index < -0.39 is 23.5 Å². The number of rotatable bonds is 14. The number of amides is 1. The molecule has 5 aromatic rings. The van der Waals surface area contributed by atoms with Crippen molar-refractivity contribution in [1.29, 1.82) is 0 Å². The Morgan fingerprint density at radius 2 is 1.25 bits per heavy atom. The lowest BCUT2D eigenvalue weighted by atomic mass is 10.0. The third-order valence-corrected chi connectivity index (χ3v) is 8.19. The number of imidazole rings is 1. The van der Waals surface area contributed by atoms with E-state index in [-0.39, 0.29) is 43.1 Å². The van der Waals surface area contributed by atoms with Gasteiger partial charge in [0.2, 0.25) is 0 Å². The molecule has 5 rings (SSSR count). The van der Waals surface area contributed by atoms with Gasteiger partial charge in [0.15, 0.2) is 0 Å². The summed E-state index contributed by atoms with van der Waals surface area (Å²) >= 11 is 0. The summed E-state index contributed by atoms with van der Waals surface area (Å²) in [7, 11) is 0. The second kappa shape index (κ2) is 16.6. The maximum Gasteiger partial charge on any atom is 0.416 e. The molecule has 0 atom stereocenters. The van der Waals surface area contributed by atoms with Gasteiger partial charge in [-0.3, -0.25) is 4.79 Å². The van der Waals surface area contributed by atoms with Crippen molar-refractivity contribution in [3.8, 4) is 33.9 Å². The SMILES string of the molecule is Cc1ccc(-c2nc(-c3cc(C(F)(F)F)cc(C(F)(F)F)c3)n(Cc3ccc(C(=O)NCCOCCOCCN)cc3)c2-c2ccc(C)cc2)cc1. The highest BCUT2D eigenvalue weighted by atomic mass is 19.4. The molecule has 0 radical (unpaired) electrons. The average molecular weight is 725 g/mol. The molecule has 1 heterocycles. The highest BCUT2D eigenvalue weighted by Crippen LogP contribution is 2.42. The molecule has 0 aliphatic carbocycles. The van der Waals surface area contributed by atoms with Crippen LogP contribution in [0.3, 0.4) is 0 Å². The summed E-state index contributed by atoms with van der Waals surface area (Å²) in [6, 6.07) is 22.8. The Balaban J connectivity index is 1.56. The molecule has 7 nitrogen and oxygen atoms in total. The van der Waals surface area contributed by atoms with Crippen molar-refractivity contribution >= 4 is 5.91 Å². The van der Waals surface area contributed by atoms with Gasteiger partial charge in [0, 0.05) is 41.9 Å². The number of nitrogens with two attached hydrogens (primary N) is 1. The number of carbonyl (C=O) groups is 1. The van der Waals surface area contributed by atoms with Gasteiger partial charge in [-0.1, -0.05) is 71.8 Å². The van der Waals surface area contributed by atoms with Gasteiger partial charge < -0.3 is 25.1 Å². The van der Waals surface area contributed by atoms with Gasteiger partial charge in [-0.15, -0.1) is 0 Å². The van der Waals surface area contributed by atoms with E-state index in [1.807, 2.05) is 62.4 Å². The van der Waals surface area contributed by atoms with Crippen LogP contribution in [0.1, 0.15) is 38.2 Å². The van der Waals surface area contributed by atoms with Gasteiger partial charge in [-0.2, -0.15) is 26.3 Å². The molecule has 52 heavy (non-hydrogen) atoms. The maximum absolute atomic E-state index is 14.0. The summed E-state index contributed by atoms with van der Waals surface area (Å²) in [6.45, 7) is 5.94. The Morgan fingerprint density at radius 1 is 0.712 bits per heavy atom. The van der Waals surface area contributed by atoms with Gasteiger partial charge in [0.25, 0.3) is 5.91 Å². The number of nitrogens with zero attached hydrogens (tertiary/aromatic N) is 2. The fourth-order valence-corrected chi connectivity index (χ4v) is 5.52. The number of hydrogen-bond donors (Lipinski definition) is 2. The van der Waals surface area contributed by atoms with Crippen molar-refractivity contribution in [3.05, 3.63) is 124 Å². The van der Waals surface area contributed by atoms with Crippen LogP contribution < -0.4 is 11.1 Å². The van der Waals surface area contributed by atoms with Crippen molar-refractivity contribution < 1.29 is 40.6 Å². The number of nitrogens with one attached hydrogen (secondary N) is 1. The van der Waals surface area contributed by atoms with E-state index in [1.54, 1.807) is 28.8 Å². The van der Waals surface area contributed by atoms with E-state index in [0.717, 1.165) is 11.1 Å². The van der Waals surface area contributed by atoms with E-state index in [0.29, 0.717) is 72.1 Å². The van der Waals surface area contributed by atoms with Crippen LogP contribution in [0.4, 0.5) is 26.3 Å². The number of carbonyl (C=O) groups excluding carboxylic acids is 1. The molecule has 0 aliphatic heterocycles. The van der Waals surface area contributed by atoms with Crippen LogP contribution in [-0.2, 0) is 28.4 Å². The molecular formula is C39H38F6N4O3. The Hall–Kier alpha value is -4.98. The first-order valence-corrected chi connectivity index (χ1v) is 16.5. The predicted molar refractivity (Wildman–Crippen MR) is 187 cm³/mol. The number of ether oxygens (including phenoxy) is 2. The van der Waals surface area contributed by atoms with E-state index in [1.165, 1.54) is 0 Å². The van der Waals surface area contributed by atoms with Crippen molar-refractivity contribution in [2.75, 3.05) is 39.5 Å². The minimum Gasteiger partial charge on any atom is -0.378 e. The molecule has 13 heteroatoms. The second-order valence-electron chi connectivity index (χ2n) is 12.2. The molecule has 0 fully saturated rings. The molecule has 0 aliphatic rings. The van der Waals surface area contributed by atoms with Crippen LogP contribution in [-0.4, -0.2) is 55.0 Å². The molecule has 274 valence electrons. The molecule has 4 aromatic carbocycles. The number of aromatic nitrogens is 2. The number of alkyl halides is 6. The summed E-state index contributed by atoms with van der Waals surface area (Å²) in [4.78, 5) is 17.6. The topological polar surface area (TPSA) is 91.4 Å². The van der Waals surface area contributed by atoms with E-state index in [9.17, 15) is 31.1 Å². The van der Waals surface area contributed by atoms with Gasteiger partial charge in [-0.05, 0) is 49.7 Å². The van der Waals surface area contributed by atoms with Crippen molar-refractivity contribution in [1.82, 2.24) is 14.9 Å². The summed E-state index contributed by atoms with van der Waals surface area (Å²) in [5.41, 5.74) is 7.20. The monoisotopic (exact) mass is 724 g/mol. The predicted octanol–water partition coefficient (Wildman–Crippen LogP) is 8.31. The molecule has 1 aromatic heterocycles. The Morgan fingerprint density at radius 3 is 1.79 bits per heavy atom. The molecule has 3 N–H and O–H groups in total. The van der Waals surface area contributed by atoms with E-state index in [2.05, 4.69) is 5.32 Å². The third kappa shape index (κ3) is 9.66. The molecule has 0 bridgehead atoms. The normalized spacial score (nSPS) is 11.9. The quantitative estimate of drug-likeness (QED) is 0.0889. The Bertz CT molecular complexity index is 1920. The number of halogens is 6. The highest BCUT2D eigenvalue weighted by molar-refractivity contribution is 5.94. The summed E-state index contributed by atoms with van der Waals surface area (Å²) in [6.07, 6.45) is -10.1. The van der Waals surface area contributed by atoms with Crippen LogP contribution in [0.2, 0.25) is 0 Å². The molecular weight excluding hydrogens is 686 g/mol. The average Bonchev–Trinajstić information content (AvgIpc) is 3.48. The fraction of sp³-hybridized carbons (Fsp3) is 0.282. The first-order chi connectivity index (χ1) is 24.7. The molecule has 0 unspecified atom stereocenters. The van der Waals surface area contributed by atoms with Crippen molar-refractivity contribution in [2.24, 2.45) is 5.73 Å². The maximum atomic E-state index is 14.0. The molecule has 0 saturated heterocycles. The zero-order chi connectivity index (χ0) is 37.5. The van der Waals surface area contributed by atoms with Crippen molar-refractivity contribution in [3.63, 3.8) is 0 Å². The standard InChI is InChI=1S/C39H38F6N4O3/c1-25-3-9-28(10-4-25)34-35(29-11-5-26(2)6-12-29)49(36(48-34)31-21-32(38(40,41)42)23-33(22-31)39(43,44)45)24-27-7-13-30(14-8-27)37(50)47-16-18-52-20-19-51-17-15-46/h3-14,21-23H,15-20,24,46H2,1-2H3,(H,47,50).